The van der Waals surface area contributed by atoms with Crippen molar-refractivity contribution >= 4 is 27.5 Å². The Morgan fingerprint density at radius 1 is 1.37 bits per heavy atom. The quantitative estimate of drug-likeness (QED) is 0.907. The molecule has 2 rings (SSSR count). The van der Waals surface area contributed by atoms with Crippen LogP contribution in [0.4, 0.5) is 0 Å². The highest BCUT2D eigenvalue weighted by molar-refractivity contribution is 9.10. The summed E-state index contributed by atoms with van der Waals surface area (Å²) in [5.41, 5.74) is 2.11. The minimum Gasteiger partial charge on any atom is -0.308 e. The Morgan fingerprint density at radius 2 is 2.11 bits per heavy atom. The van der Waals surface area contributed by atoms with Crippen molar-refractivity contribution in [2.24, 2.45) is 0 Å². The molecule has 19 heavy (non-hydrogen) atoms. The fourth-order valence-corrected chi connectivity index (χ4v) is 2.31. The number of para-hydroxylation sites is 1. The molecule has 0 radical (unpaired) electrons. The normalized spacial score (nSPS) is 11.8. The summed E-state index contributed by atoms with van der Waals surface area (Å²) < 4.78 is 2.73. The summed E-state index contributed by atoms with van der Waals surface area (Å²) in [6, 6.07) is 5.91. The van der Waals surface area contributed by atoms with E-state index in [1.165, 1.54) is 0 Å². The molecule has 0 atom stereocenters. The van der Waals surface area contributed by atoms with Gasteiger partial charge in [-0.2, -0.15) is 5.10 Å². The third-order valence-corrected chi connectivity index (χ3v) is 3.37. The molecule has 0 saturated heterocycles. The van der Waals surface area contributed by atoms with Crippen molar-refractivity contribution in [2.75, 3.05) is 0 Å². The third-order valence-electron chi connectivity index (χ3n) is 2.66. The highest BCUT2D eigenvalue weighted by Crippen LogP contribution is 2.25. The lowest BCUT2D eigenvalue weighted by Gasteiger charge is -2.22. The summed E-state index contributed by atoms with van der Waals surface area (Å²) in [6.07, 6.45) is 3.66. The van der Waals surface area contributed by atoms with Gasteiger partial charge in [-0.25, -0.2) is 4.68 Å². The maximum Gasteiger partial charge on any atom is 0.0877 e. The number of nitrogens with one attached hydrogen (secondary N) is 1. The van der Waals surface area contributed by atoms with E-state index in [9.17, 15) is 0 Å². The Hall–Kier alpha value is -0.840. The molecule has 0 fully saturated rings. The number of benzene rings is 1. The number of hydrogen-bond donors (Lipinski definition) is 1. The molecule has 1 aromatic heterocycles. The van der Waals surface area contributed by atoms with E-state index < -0.39 is 0 Å². The summed E-state index contributed by atoms with van der Waals surface area (Å²) in [5, 5.41) is 8.48. The van der Waals surface area contributed by atoms with E-state index in [0.29, 0.717) is 5.02 Å². The molecule has 3 nitrogen and oxygen atoms in total. The fraction of sp³-hybridized carbons (Fsp3) is 0.357. The molecule has 0 bridgehead atoms. The van der Waals surface area contributed by atoms with Crippen molar-refractivity contribution in [3.63, 3.8) is 0 Å². The summed E-state index contributed by atoms with van der Waals surface area (Å²) >= 11 is 9.73. The molecule has 1 N–H and O–H groups in total. The maximum absolute atomic E-state index is 6.32. The van der Waals surface area contributed by atoms with Gasteiger partial charge in [0, 0.05) is 18.3 Å². The van der Waals surface area contributed by atoms with Gasteiger partial charge in [-0.1, -0.05) is 23.7 Å². The van der Waals surface area contributed by atoms with Crippen molar-refractivity contribution < 1.29 is 0 Å². The van der Waals surface area contributed by atoms with Crippen molar-refractivity contribution in [1.29, 1.82) is 0 Å². The zero-order valence-corrected chi connectivity index (χ0v) is 13.6. The molecule has 0 aliphatic carbocycles. The molecule has 2 aromatic rings. The summed E-state index contributed by atoms with van der Waals surface area (Å²) in [6.45, 7) is 7.17. The molecular formula is C14H17BrClN3. The zero-order chi connectivity index (χ0) is 14.0. The van der Waals surface area contributed by atoms with E-state index in [4.69, 9.17) is 11.6 Å². The second-order valence-corrected chi connectivity index (χ2v) is 6.78. The van der Waals surface area contributed by atoms with E-state index in [1.807, 2.05) is 18.3 Å². The van der Waals surface area contributed by atoms with Gasteiger partial charge in [0.15, 0.2) is 0 Å². The summed E-state index contributed by atoms with van der Waals surface area (Å²) in [4.78, 5) is 0. The van der Waals surface area contributed by atoms with Crippen LogP contribution >= 0.6 is 27.5 Å². The number of aromatic nitrogens is 2. The second-order valence-electron chi connectivity index (χ2n) is 5.45. The van der Waals surface area contributed by atoms with Crippen molar-refractivity contribution in [2.45, 2.75) is 32.9 Å². The number of rotatable bonds is 3. The molecule has 0 amide bonds. The molecule has 0 aliphatic heterocycles. The molecule has 102 valence electrons. The molecule has 1 heterocycles. The lowest BCUT2D eigenvalue weighted by atomic mass is 10.1. The predicted molar refractivity (Wildman–Crippen MR) is 82.9 cm³/mol. The van der Waals surface area contributed by atoms with Gasteiger partial charge in [0.2, 0.25) is 0 Å². The van der Waals surface area contributed by atoms with Crippen LogP contribution in [0.3, 0.4) is 0 Å². The molecule has 0 saturated carbocycles. The molecule has 0 aliphatic rings. The van der Waals surface area contributed by atoms with Gasteiger partial charge in [-0.3, -0.25) is 0 Å². The first-order valence-corrected chi connectivity index (χ1v) is 7.27. The fourth-order valence-electron chi connectivity index (χ4n) is 1.74. The minimum absolute atomic E-state index is 0.0598. The summed E-state index contributed by atoms with van der Waals surface area (Å²) in [5.74, 6) is 0. The van der Waals surface area contributed by atoms with E-state index in [-0.39, 0.29) is 5.54 Å². The van der Waals surface area contributed by atoms with E-state index in [0.717, 1.165) is 22.3 Å². The van der Waals surface area contributed by atoms with E-state index in [1.54, 1.807) is 10.9 Å². The Bertz CT molecular complexity index is 572. The number of halogens is 2. The molecule has 1 aromatic carbocycles. The summed E-state index contributed by atoms with van der Waals surface area (Å²) in [7, 11) is 0. The Morgan fingerprint density at radius 3 is 2.68 bits per heavy atom. The van der Waals surface area contributed by atoms with Crippen LogP contribution < -0.4 is 5.32 Å². The lowest BCUT2D eigenvalue weighted by Crippen LogP contribution is -2.35. The molecular weight excluding hydrogens is 326 g/mol. The van der Waals surface area contributed by atoms with Gasteiger partial charge >= 0.3 is 0 Å². The average Bonchev–Trinajstić information content (AvgIpc) is 2.72. The smallest absolute Gasteiger partial charge is 0.0877 e. The SMILES string of the molecule is CC(C)(C)NCc1cccc(Cl)c1-n1cc(Br)cn1. The van der Waals surface area contributed by atoms with Crippen molar-refractivity contribution in [3.8, 4) is 5.69 Å². The monoisotopic (exact) mass is 341 g/mol. The van der Waals surface area contributed by atoms with Crippen LogP contribution in [0.5, 0.6) is 0 Å². The Balaban J connectivity index is 2.36. The van der Waals surface area contributed by atoms with Crippen LogP contribution in [0.25, 0.3) is 5.69 Å². The van der Waals surface area contributed by atoms with Crippen LogP contribution in [0.2, 0.25) is 5.02 Å². The van der Waals surface area contributed by atoms with Gasteiger partial charge in [-0.15, -0.1) is 0 Å². The standard InChI is InChI=1S/C14H17BrClN3/c1-14(2,3)17-7-10-5-4-6-12(16)13(10)19-9-11(15)8-18-19/h4-6,8-9,17H,7H2,1-3H3. The third kappa shape index (κ3) is 3.81. The van der Waals surface area contributed by atoms with Gasteiger partial charge in [0.25, 0.3) is 0 Å². The van der Waals surface area contributed by atoms with E-state index >= 15 is 0 Å². The van der Waals surface area contributed by atoms with Crippen LogP contribution in [-0.2, 0) is 6.54 Å². The molecule has 0 unspecified atom stereocenters. The second kappa shape index (κ2) is 5.65. The first-order chi connectivity index (χ1) is 8.87. The maximum atomic E-state index is 6.32. The Kier molecular flexibility index (Phi) is 4.33. The van der Waals surface area contributed by atoms with E-state index in [2.05, 4.69) is 53.2 Å². The Labute approximate surface area is 127 Å². The van der Waals surface area contributed by atoms with Crippen LogP contribution in [0.1, 0.15) is 26.3 Å². The van der Waals surface area contributed by atoms with Crippen molar-refractivity contribution in [3.05, 3.63) is 45.7 Å². The highest BCUT2D eigenvalue weighted by atomic mass is 79.9. The van der Waals surface area contributed by atoms with Gasteiger partial charge in [-0.05, 0) is 48.3 Å². The van der Waals surface area contributed by atoms with Gasteiger partial charge in [0.05, 0.1) is 21.4 Å². The lowest BCUT2D eigenvalue weighted by molar-refractivity contribution is 0.424. The number of hydrogen-bond acceptors (Lipinski definition) is 2. The predicted octanol–water partition coefficient (Wildman–Crippen LogP) is 4.18. The molecule has 0 spiro atoms. The minimum atomic E-state index is 0.0598. The highest BCUT2D eigenvalue weighted by Gasteiger charge is 2.14. The molecule has 5 heteroatoms. The first-order valence-electron chi connectivity index (χ1n) is 6.10. The van der Waals surface area contributed by atoms with Gasteiger partial charge < -0.3 is 5.32 Å². The first kappa shape index (κ1) is 14.6. The zero-order valence-electron chi connectivity index (χ0n) is 11.2. The van der Waals surface area contributed by atoms with Crippen LogP contribution in [0, 0.1) is 0 Å². The van der Waals surface area contributed by atoms with Crippen LogP contribution in [-0.4, -0.2) is 15.3 Å². The topological polar surface area (TPSA) is 29.9 Å². The van der Waals surface area contributed by atoms with Gasteiger partial charge in [0.1, 0.15) is 0 Å². The number of nitrogens with zero attached hydrogens (tertiary/aromatic N) is 2. The van der Waals surface area contributed by atoms with Crippen molar-refractivity contribution in [1.82, 2.24) is 15.1 Å². The van der Waals surface area contributed by atoms with Crippen LogP contribution in [0.15, 0.2) is 35.1 Å². The average molecular weight is 343 g/mol. The largest absolute Gasteiger partial charge is 0.308 e.